The maximum atomic E-state index is 12.7. The van der Waals surface area contributed by atoms with Crippen molar-refractivity contribution in [3.8, 4) is 0 Å². The third-order valence-electron chi connectivity index (χ3n) is 4.62. The van der Waals surface area contributed by atoms with Gasteiger partial charge in [0.2, 0.25) is 0 Å². The van der Waals surface area contributed by atoms with Gasteiger partial charge in [0.15, 0.2) is 5.09 Å². The van der Waals surface area contributed by atoms with Gasteiger partial charge < -0.3 is 4.42 Å². The summed E-state index contributed by atoms with van der Waals surface area (Å²) in [5, 5.41) is 6.62. The number of fused-ring (bicyclic) bond motifs is 2. The number of furan rings is 1. The van der Waals surface area contributed by atoms with E-state index in [-0.39, 0.29) is 5.56 Å². The van der Waals surface area contributed by atoms with Crippen LogP contribution in [0.2, 0.25) is 0 Å². The summed E-state index contributed by atoms with van der Waals surface area (Å²) in [6.07, 6.45) is 3.31. The Morgan fingerprint density at radius 3 is 2.83 bits per heavy atom. The van der Waals surface area contributed by atoms with Crippen LogP contribution in [0.3, 0.4) is 0 Å². The highest BCUT2D eigenvalue weighted by atomic mass is 32.2. The molecular weight excluding hydrogens is 396 g/mol. The zero-order valence-corrected chi connectivity index (χ0v) is 16.8. The van der Waals surface area contributed by atoms with Crippen molar-refractivity contribution in [1.82, 2.24) is 14.6 Å². The van der Waals surface area contributed by atoms with Gasteiger partial charge in [-0.1, -0.05) is 30.3 Å². The molecule has 0 spiro atoms. The number of pyridine rings is 1. The highest BCUT2D eigenvalue weighted by Gasteiger charge is 2.09. The normalized spacial score (nSPS) is 11.6. The topological polar surface area (TPSA) is 73.3 Å². The van der Waals surface area contributed by atoms with Crippen LogP contribution >= 0.6 is 11.8 Å². The van der Waals surface area contributed by atoms with Crippen LogP contribution in [0, 0.1) is 6.92 Å². The molecule has 5 aromatic rings. The van der Waals surface area contributed by atoms with Gasteiger partial charge >= 0.3 is 0 Å². The highest BCUT2D eigenvalue weighted by Crippen LogP contribution is 2.33. The van der Waals surface area contributed by atoms with Crippen LogP contribution in [0.25, 0.3) is 21.8 Å². The number of para-hydroxylation sites is 2. The Kier molecular flexibility index (Phi) is 4.65. The molecule has 0 unspecified atom stereocenters. The predicted molar refractivity (Wildman–Crippen MR) is 118 cm³/mol. The second kappa shape index (κ2) is 7.61. The molecule has 2 aromatic carbocycles. The third kappa shape index (κ3) is 3.40. The Morgan fingerprint density at radius 1 is 1.03 bits per heavy atom. The highest BCUT2D eigenvalue weighted by molar-refractivity contribution is 7.99. The zero-order valence-electron chi connectivity index (χ0n) is 16.0. The molecule has 0 saturated carbocycles. The molecule has 0 amide bonds. The molecular formula is C23H16N4O2S. The van der Waals surface area contributed by atoms with E-state index in [2.05, 4.69) is 15.1 Å². The van der Waals surface area contributed by atoms with E-state index in [1.807, 2.05) is 60.7 Å². The summed E-state index contributed by atoms with van der Waals surface area (Å²) < 4.78 is 7.16. The van der Waals surface area contributed by atoms with Crippen molar-refractivity contribution in [1.29, 1.82) is 0 Å². The van der Waals surface area contributed by atoms with Gasteiger partial charge in [0.05, 0.1) is 22.6 Å². The lowest BCUT2D eigenvalue weighted by Crippen LogP contribution is -2.20. The number of hydrogen-bond acceptors (Lipinski definition) is 6. The smallest absolute Gasteiger partial charge is 0.282 e. The average Bonchev–Trinajstić information content (AvgIpc) is 3.21. The van der Waals surface area contributed by atoms with Crippen LogP contribution in [0.5, 0.6) is 0 Å². The molecule has 146 valence electrons. The summed E-state index contributed by atoms with van der Waals surface area (Å²) in [6.45, 7) is 1.75. The molecule has 0 aliphatic carbocycles. The monoisotopic (exact) mass is 412 g/mol. The minimum absolute atomic E-state index is 0.211. The van der Waals surface area contributed by atoms with Crippen molar-refractivity contribution < 1.29 is 4.42 Å². The average molecular weight is 412 g/mol. The van der Waals surface area contributed by atoms with Crippen LogP contribution in [-0.4, -0.2) is 20.9 Å². The second-order valence-corrected chi connectivity index (χ2v) is 7.67. The van der Waals surface area contributed by atoms with Crippen LogP contribution in [0.15, 0.2) is 97.2 Å². The maximum absolute atomic E-state index is 12.7. The van der Waals surface area contributed by atoms with E-state index in [1.54, 1.807) is 19.2 Å². The first-order chi connectivity index (χ1) is 14.7. The van der Waals surface area contributed by atoms with Crippen molar-refractivity contribution in [3.63, 3.8) is 0 Å². The van der Waals surface area contributed by atoms with E-state index >= 15 is 0 Å². The third-order valence-corrected chi connectivity index (χ3v) is 5.59. The molecule has 0 fully saturated rings. The standard InChI is InChI=1S/C23H16N4O2S/c1-15-26-19-9-3-2-8-18(19)23(28)27(15)25-14-17-11-12-21(29-17)30-20-10-4-6-16-7-5-13-24-22(16)20/h2-14H,1H3/b25-14-. The lowest BCUT2D eigenvalue weighted by molar-refractivity contribution is 0.468. The largest absolute Gasteiger partial charge is 0.448 e. The predicted octanol–water partition coefficient (Wildman–Crippen LogP) is 4.88. The van der Waals surface area contributed by atoms with Crippen molar-refractivity contribution in [2.75, 3.05) is 0 Å². The summed E-state index contributed by atoms with van der Waals surface area (Å²) in [4.78, 5) is 22.6. The Bertz CT molecular complexity index is 1460. The molecule has 6 nitrogen and oxygen atoms in total. The van der Waals surface area contributed by atoms with Gasteiger partial charge in [-0.15, -0.1) is 0 Å². The minimum Gasteiger partial charge on any atom is -0.448 e. The Morgan fingerprint density at radius 2 is 1.90 bits per heavy atom. The molecule has 0 atom stereocenters. The molecule has 0 aliphatic heterocycles. The molecule has 0 saturated heterocycles. The molecule has 3 heterocycles. The van der Waals surface area contributed by atoms with Crippen molar-refractivity contribution in [2.24, 2.45) is 5.10 Å². The SMILES string of the molecule is Cc1nc2ccccc2c(=O)n1/N=C\c1ccc(Sc2cccc3cccnc23)o1. The van der Waals surface area contributed by atoms with Crippen molar-refractivity contribution in [3.05, 3.63) is 94.9 Å². The first kappa shape index (κ1) is 18.3. The first-order valence-electron chi connectivity index (χ1n) is 9.33. The van der Waals surface area contributed by atoms with Crippen molar-refractivity contribution in [2.45, 2.75) is 16.9 Å². The van der Waals surface area contributed by atoms with Gasteiger partial charge in [0.25, 0.3) is 5.56 Å². The number of hydrogen-bond donors (Lipinski definition) is 0. The van der Waals surface area contributed by atoms with Gasteiger partial charge in [0, 0.05) is 16.5 Å². The molecule has 0 radical (unpaired) electrons. The fourth-order valence-electron chi connectivity index (χ4n) is 3.21. The van der Waals surface area contributed by atoms with E-state index < -0.39 is 0 Å². The van der Waals surface area contributed by atoms with E-state index in [9.17, 15) is 4.79 Å². The maximum Gasteiger partial charge on any atom is 0.282 e. The summed E-state index contributed by atoms with van der Waals surface area (Å²) in [5.41, 5.74) is 1.38. The van der Waals surface area contributed by atoms with E-state index in [0.29, 0.717) is 22.5 Å². The van der Waals surface area contributed by atoms with Crippen LogP contribution in [0.4, 0.5) is 0 Å². The van der Waals surface area contributed by atoms with E-state index in [0.717, 1.165) is 20.9 Å². The summed E-state index contributed by atoms with van der Waals surface area (Å²) in [7, 11) is 0. The van der Waals surface area contributed by atoms with Gasteiger partial charge in [-0.3, -0.25) is 9.78 Å². The fraction of sp³-hybridized carbons (Fsp3) is 0.0435. The molecule has 7 heteroatoms. The molecule has 0 N–H and O–H groups in total. The van der Waals surface area contributed by atoms with E-state index in [4.69, 9.17) is 4.42 Å². The molecule has 30 heavy (non-hydrogen) atoms. The minimum atomic E-state index is -0.211. The molecule has 0 aliphatic rings. The van der Waals surface area contributed by atoms with Crippen molar-refractivity contribution >= 4 is 39.8 Å². The zero-order chi connectivity index (χ0) is 20.5. The number of rotatable bonds is 4. The molecule has 0 bridgehead atoms. The Labute approximate surface area is 175 Å². The molecule has 3 aromatic heterocycles. The Hall–Kier alpha value is -3.71. The summed E-state index contributed by atoms with van der Waals surface area (Å²) in [6, 6.07) is 20.9. The lowest BCUT2D eigenvalue weighted by atomic mass is 10.2. The Balaban J connectivity index is 1.43. The van der Waals surface area contributed by atoms with Gasteiger partial charge in [0.1, 0.15) is 11.6 Å². The number of aryl methyl sites for hydroxylation is 1. The second-order valence-electron chi connectivity index (χ2n) is 6.63. The lowest BCUT2D eigenvalue weighted by Gasteiger charge is -2.04. The van der Waals surface area contributed by atoms with Gasteiger partial charge in [-0.2, -0.15) is 9.78 Å². The number of aromatic nitrogens is 3. The molecule has 5 rings (SSSR count). The fourth-order valence-corrected chi connectivity index (χ4v) is 4.12. The van der Waals surface area contributed by atoms with Crippen LogP contribution in [0.1, 0.15) is 11.6 Å². The van der Waals surface area contributed by atoms with Gasteiger partial charge in [-0.25, -0.2) is 4.98 Å². The summed E-state index contributed by atoms with van der Waals surface area (Å²) in [5.74, 6) is 1.06. The van der Waals surface area contributed by atoms with Crippen LogP contribution < -0.4 is 5.56 Å². The number of benzene rings is 2. The quantitative estimate of drug-likeness (QED) is 0.393. The summed E-state index contributed by atoms with van der Waals surface area (Å²) >= 11 is 1.50. The number of nitrogens with zero attached hydrogens (tertiary/aromatic N) is 4. The van der Waals surface area contributed by atoms with E-state index in [1.165, 1.54) is 22.7 Å². The van der Waals surface area contributed by atoms with Gasteiger partial charge in [-0.05, 0) is 55.1 Å². The van der Waals surface area contributed by atoms with Crippen LogP contribution in [-0.2, 0) is 0 Å². The first-order valence-corrected chi connectivity index (χ1v) is 10.1.